The Morgan fingerprint density at radius 1 is 1.50 bits per heavy atom. The molecule has 2 rings (SSSR count). The van der Waals surface area contributed by atoms with Crippen LogP contribution in [0.3, 0.4) is 0 Å². The van der Waals surface area contributed by atoms with Gasteiger partial charge in [0.25, 0.3) is 0 Å². The van der Waals surface area contributed by atoms with E-state index in [0.29, 0.717) is 17.9 Å². The van der Waals surface area contributed by atoms with Crippen LogP contribution >= 0.6 is 0 Å². The second-order valence-electron chi connectivity index (χ2n) is 3.98. The highest BCUT2D eigenvalue weighted by Gasteiger charge is 2.13. The van der Waals surface area contributed by atoms with Gasteiger partial charge in [-0.15, -0.1) is 0 Å². The monoisotopic (exact) mass is 248 g/mol. The first-order valence-corrected chi connectivity index (χ1v) is 5.69. The Bertz CT molecular complexity index is 556. The van der Waals surface area contributed by atoms with Gasteiger partial charge in [0, 0.05) is 24.5 Å². The SMILES string of the molecule is CCn1cc(Cn2cc(N)cc2C(=O)OC)cn1. The number of aromatic nitrogens is 3. The average molecular weight is 248 g/mol. The zero-order valence-electron chi connectivity index (χ0n) is 10.5. The molecule has 0 unspecified atom stereocenters. The maximum absolute atomic E-state index is 11.6. The number of hydrogen-bond acceptors (Lipinski definition) is 4. The van der Waals surface area contributed by atoms with Crippen LogP contribution in [-0.2, 0) is 17.8 Å². The lowest BCUT2D eigenvalue weighted by Crippen LogP contribution is -2.10. The van der Waals surface area contributed by atoms with Crippen molar-refractivity contribution in [1.82, 2.24) is 14.3 Å². The minimum Gasteiger partial charge on any atom is -0.464 e. The molecule has 0 radical (unpaired) electrons. The van der Waals surface area contributed by atoms with E-state index >= 15 is 0 Å². The molecule has 2 aromatic rings. The number of anilines is 1. The summed E-state index contributed by atoms with van der Waals surface area (Å²) in [7, 11) is 1.35. The minimum atomic E-state index is -0.394. The molecule has 2 aromatic heterocycles. The Morgan fingerprint density at radius 2 is 2.28 bits per heavy atom. The third-order valence-electron chi connectivity index (χ3n) is 2.68. The molecule has 0 fully saturated rings. The van der Waals surface area contributed by atoms with E-state index in [4.69, 9.17) is 10.5 Å². The van der Waals surface area contributed by atoms with Crippen molar-refractivity contribution >= 4 is 11.7 Å². The zero-order valence-corrected chi connectivity index (χ0v) is 10.5. The zero-order chi connectivity index (χ0) is 13.1. The van der Waals surface area contributed by atoms with Crippen molar-refractivity contribution in [3.63, 3.8) is 0 Å². The van der Waals surface area contributed by atoms with E-state index in [1.54, 1.807) is 23.0 Å². The second kappa shape index (κ2) is 4.95. The maximum atomic E-state index is 11.6. The summed E-state index contributed by atoms with van der Waals surface area (Å²) in [5.74, 6) is -0.394. The lowest BCUT2D eigenvalue weighted by atomic mass is 10.3. The summed E-state index contributed by atoms with van der Waals surface area (Å²) in [6.07, 6.45) is 5.44. The van der Waals surface area contributed by atoms with Crippen LogP contribution < -0.4 is 5.73 Å². The van der Waals surface area contributed by atoms with Crippen molar-refractivity contribution < 1.29 is 9.53 Å². The third-order valence-corrected chi connectivity index (χ3v) is 2.68. The first kappa shape index (κ1) is 12.2. The van der Waals surface area contributed by atoms with Crippen LogP contribution in [0.4, 0.5) is 5.69 Å². The van der Waals surface area contributed by atoms with E-state index in [1.807, 2.05) is 17.8 Å². The van der Waals surface area contributed by atoms with Crippen molar-refractivity contribution in [3.05, 3.63) is 35.9 Å². The van der Waals surface area contributed by atoms with E-state index in [2.05, 4.69) is 5.10 Å². The Kier molecular flexibility index (Phi) is 3.36. The number of aryl methyl sites for hydroxylation is 1. The summed E-state index contributed by atoms with van der Waals surface area (Å²) in [4.78, 5) is 11.6. The molecule has 0 aliphatic rings. The van der Waals surface area contributed by atoms with Crippen molar-refractivity contribution in [2.24, 2.45) is 0 Å². The van der Waals surface area contributed by atoms with Gasteiger partial charge in [0.15, 0.2) is 0 Å². The highest BCUT2D eigenvalue weighted by molar-refractivity contribution is 5.89. The molecular formula is C12H16N4O2. The van der Waals surface area contributed by atoms with Crippen molar-refractivity contribution in [2.75, 3.05) is 12.8 Å². The van der Waals surface area contributed by atoms with E-state index in [1.165, 1.54) is 7.11 Å². The van der Waals surface area contributed by atoms with E-state index in [0.717, 1.165) is 12.1 Å². The van der Waals surface area contributed by atoms with Gasteiger partial charge in [0.1, 0.15) is 5.69 Å². The molecule has 18 heavy (non-hydrogen) atoms. The number of nitrogens with two attached hydrogens (primary N) is 1. The molecule has 6 nitrogen and oxygen atoms in total. The largest absolute Gasteiger partial charge is 0.464 e. The van der Waals surface area contributed by atoms with Crippen LogP contribution in [0.5, 0.6) is 0 Å². The van der Waals surface area contributed by atoms with Gasteiger partial charge in [0.05, 0.1) is 25.5 Å². The summed E-state index contributed by atoms with van der Waals surface area (Å²) in [5.41, 5.74) is 7.70. The fourth-order valence-electron chi connectivity index (χ4n) is 1.80. The van der Waals surface area contributed by atoms with Crippen LogP contribution in [0.15, 0.2) is 24.7 Å². The number of rotatable bonds is 4. The number of methoxy groups -OCH3 is 1. The third kappa shape index (κ3) is 2.37. The van der Waals surface area contributed by atoms with Crippen LogP contribution in [0.2, 0.25) is 0 Å². The molecule has 2 heterocycles. The first-order valence-electron chi connectivity index (χ1n) is 5.69. The van der Waals surface area contributed by atoms with E-state index in [-0.39, 0.29) is 0 Å². The first-order chi connectivity index (χ1) is 8.63. The topological polar surface area (TPSA) is 75.1 Å². The summed E-state index contributed by atoms with van der Waals surface area (Å²) in [6, 6.07) is 1.61. The van der Waals surface area contributed by atoms with Crippen molar-refractivity contribution in [2.45, 2.75) is 20.0 Å². The summed E-state index contributed by atoms with van der Waals surface area (Å²) in [5, 5.41) is 4.19. The lowest BCUT2D eigenvalue weighted by Gasteiger charge is -2.05. The number of hydrogen-bond donors (Lipinski definition) is 1. The molecular weight excluding hydrogens is 232 g/mol. The van der Waals surface area contributed by atoms with Gasteiger partial charge in [-0.05, 0) is 13.0 Å². The molecule has 0 saturated carbocycles. The minimum absolute atomic E-state index is 0.394. The van der Waals surface area contributed by atoms with Crippen LogP contribution in [0.25, 0.3) is 0 Å². The number of carbonyl (C=O) groups excluding carboxylic acids is 1. The lowest BCUT2D eigenvalue weighted by molar-refractivity contribution is 0.0589. The number of nitrogen functional groups attached to an aromatic ring is 1. The standard InChI is InChI=1S/C12H16N4O2/c1-3-16-7-9(5-14-16)6-15-8-10(13)4-11(15)12(17)18-2/h4-5,7-8H,3,6,13H2,1-2H3. The molecule has 0 aromatic carbocycles. The molecule has 0 bridgehead atoms. The fraction of sp³-hybridized carbons (Fsp3) is 0.333. The molecule has 2 N–H and O–H groups in total. The second-order valence-corrected chi connectivity index (χ2v) is 3.98. The van der Waals surface area contributed by atoms with Gasteiger partial charge in [0.2, 0.25) is 0 Å². The molecule has 0 saturated heterocycles. The molecule has 0 aliphatic carbocycles. The van der Waals surface area contributed by atoms with Crippen LogP contribution in [-0.4, -0.2) is 27.4 Å². The number of nitrogens with zero attached hydrogens (tertiary/aromatic N) is 3. The number of esters is 1. The Balaban J connectivity index is 2.25. The van der Waals surface area contributed by atoms with Gasteiger partial charge in [-0.25, -0.2) is 4.79 Å². The normalized spacial score (nSPS) is 10.6. The van der Waals surface area contributed by atoms with Crippen LogP contribution in [0, 0.1) is 0 Å². The van der Waals surface area contributed by atoms with Gasteiger partial charge in [-0.1, -0.05) is 0 Å². The Labute approximate surface area is 105 Å². The van der Waals surface area contributed by atoms with Crippen LogP contribution in [0.1, 0.15) is 23.0 Å². The fourth-order valence-corrected chi connectivity index (χ4v) is 1.80. The van der Waals surface area contributed by atoms with Gasteiger partial charge in [-0.2, -0.15) is 5.10 Å². The smallest absolute Gasteiger partial charge is 0.354 e. The molecule has 0 atom stereocenters. The summed E-state index contributed by atoms with van der Waals surface area (Å²) < 4.78 is 8.31. The predicted octanol–water partition coefficient (Wildman–Crippen LogP) is 1.12. The predicted molar refractivity (Wildman–Crippen MR) is 67.2 cm³/mol. The molecule has 0 spiro atoms. The quantitative estimate of drug-likeness (QED) is 0.823. The number of ether oxygens (including phenoxy) is 1. The highest BCUT2D eigenvalue weighted by atomic mass is 16.5. The van der Waals surface area contributed by atoms with E-state index in [9.17, 15) is 4.79 Å². The molecule has 0 amide bonds. The van der Waals surface area contributed by atoms with E-state index < -0.39 is 5.97 Å². The van der Waals surface area contributed by atoms with Gasteiger partial charge >= 0.3 is 5.97 Å². The average Bonchev–Trinajstić information content (AvgIpc) is 2.95. The molecule has 0 aliphatic heterocycles. The van der Waals surface area contributed by atoms with Crippen molar-refractivity contribution in [1.29, 1.82) is 0 Å². The highest BCUT2D eigenvalue weighted by Crippen LogP contribution is 2.14. The van der Waals surface area contributed by atoms with Crippen molar-refractivity contribution in [3.8, 4) is 0 Å². The molecule has 96 valence electrons. The number of carbonyl (C=O) groups is 1. The van der Waals surface area contributed by atoms with Gasteiger partial charge < -0.3 is 15.0 Å². The summed E-state index contributed by atoms with van der Waals surface area (Å²) in [6.45, 7) is 3.38. The summed E-state index contributed by atoms with van der Waals surface area (Å²) >= 11 is 0. The molecule has 6 heteroatoms. The maximum Gasteiger partial charge on any atom is 0.354 e. The Morgan fingerprint density at radius 3 is 2.89 bits per heavy atom. The Hall–Kier alpha value is -2.24. The van der Waals surface area contributed by atoms with Gasteiger partial charge in [-0.3, -0.25) is 4.68 Å².